The predicted octanol–water partition coefficient (Wildman–Crippen LogP) is 5.79. The Labute approximate surface area is 198 Å². The summed E-state index contributed by atoms with van der Waals surface area (Å²) in [5, 5.41) is 3.16. The molecule has 1 saturated carbocycles. The van der Waals surface area contributed by atoms with Gasteiger partial charge >= 0.3 is 0 Å². The summed E-state index contributed by atoms with van der Waals surface area (Å²) in [7, 11) is 1.66. The molecule has 1 aliphatic carbocycles. The first-order valence-corrected chi connectivity index (χ1v) is 12.5. The number of carbonyl (C=O) groups excluding carboxylic acids is 1. The largest absolute Gasteiger partial charge is 0.497 e. The number of carbonyl (C=O) groups is 1. The number of likely N-dealkylation sites (tertiary alicyclic amines) is 1. The quantitative estimate of drug-likeness (QED) is 0.491. The SMILES string of the molecule is COc1ccc(C2(C(=O)Nc3ccc(OCCCN4CCCCC4C)cc3)CCCC2)cc1. The molecule has 0 radical (unpaired) electrons. The molecule has 4 rings (SSSR count). The minimum atomic E-state index is -0.465. The van der Waals surface area contributed by atoms with Crippen molar-refractivity contribution in [1.29, 1.82) is 0 Å². The summed E-state index contributed by atoms with van der Waals surface area (Å²) in [6, 6.07) is 16.4. The molecule has 0 aromatic heterocycles. The Morgan fingerprint density at radius 2 is 1.70 bits per heavy atom. The van der Waals surface area contributed by atoms with Crippen LogP contribution in [0.25, 0.3) is 0 Å². The van der Waals surface area contributed by atoms with Crippen LogP contribution in [0.2, 0.25) is 0 Å². The van der Waals surface area contributed by atoms with E-state index in [-0.39, 0.29) is 5.91 Å². The van der Waals surface area contributed by atoms with Gasteiger partial charge in [-0.15, -0.1) is 0 Å². The van der Waals surface area contributed by atoms with Crippen molar-refractivity contribution in [1.82, 2.24) is 4.90 Å². The van der Waals surface area contributed by atoms with Gasteiger partial charge in [-0.25, -0.2) is 0 Å². The molecule has 1 amide bonds. The van der Waals surface area contributed by atoms with Crippen LogP contribution in [0.5, 0.6) is 11.5 Å². The molecule has 1 N–H and O–H groups in total. The Balaban J connectivity index is 1.30. The van der Waals surface area contributed by atoms with Crippen LogP contribution in [0.3, 0.4) is 0 Å². The molecule has 178 valence electrons. The zero-order valence-electron chi connectivity index (χ0n) is 20.1. The summed E-state index contributed by atoms with van der Waals surface area (Å²) in [6.45, 7) is 5.36. The summed E-state index contributed by atoms with van der Waals surface area (Å²) >= 11 is 0. The van der Waals surface area contributed by atoms with E-state index in [4.69, 9.17) is 9.47 Å². The number of piperidine rings is 1. The lowest BCUT2D eigenvalue weighted by Crippen LogP contribution is -2.38. The molecule has 5 nitrogen and oxygen atoms in total. The van der Waals surface area contributed by atoms with E-state index < -0.39 is 5.41 Å². The molecule has 2 aliphatic rings. The van der Waals surface area contributed by atoms with Crippen LogP contribution in [0, 0.1) is 0 Å². The Morgan fingerprint density at radius 1 is 1.00 bits per heavy atom. The summed E-state index contributed by atoms with van der Waals surface area (Å²) in [4.78, 5) is 16.0. The van der Waals surface area contributed by atoms with Gasteiger partial charge in [0.15, 0.2) is 0 Å². The lowest BCUT2D eigenvalue weighted by molar-refractivity contribution is -0.121. The minimum Gasteiger partial charge on any atom is -0.497 e. The lowest BCUT2D eigenvalue weighted by atomic mass is 9.78. The van der Waals surface area contributed by atoms with Gasteiger partial charge in [0.1, 0.15) is 11.5 Å². The normalized spacial score (nSPS) is 20.4. The number of ether oxygens (including phenoxy) is 2. The van der Waals surface area contributed by atoms with E-state index in [1.54, 1.807) is 7.11 Å². The smallest absolute Gasteiger partial charge is 0.235 e. The average Bonchev–Trinajstić information content (AvgIpc) is 3.35. The van der Waals surface area contributed by atoms with E-state index in [0.717, 1.165) is 68.0 Å². The molecule has 1 aliphatic heterocycles. The van der Waals surface area contributed by atoms with Crippen molar-refractivity contribution in [3.05, 3.63) is 54.1 Å². The molecule has 0 bridgehead atoms. The molecule has 1 heterocycles. The van der Waals surface area contributed by atoms with Gasteiger partial charge in [-0.2, -0.15) is 0 Å². The van der Waals surface area contributed by atoms with Crippen molar-refractivity contribution in [3.8, 4) is 11.5 Å². The van der Waals surface area contributed by atoms with Crippen LogP contribution < -0.4 is 14.8 Å². The van der Waals surface area contributed by atoms with Crippen LogP contribution >= 0.6 is 0 Å². The van der Waals surface area contributed by atoms with Crippen LogP contribution in [-0.2, 0) is 10.2 Å². The number of methoxy groups -OCH3 is 1. The van der Waals surface area contributed by atoms with Crippen LogP contribution in [0.15, 0.2) is 48.5 Å². The standard InChI is InChI=1S/C28H38N2O3/c1-22-8-3-6-19-30(22)20-7-21-33-26-15-11-24(12-16-26)29-27(31)28(17-4-5-18-28)23-9-13-25(32-2)14-10-23/h9-16,22H,3-8,17-21H2,1-2H3,(H,29,31). The van der Waals surface area contributed by atoms with Gasteiger partial charge in [-0.05, 0) is 87.5 Å². The first-order chi connectivity index (χ1) is 16.1. The Morgan fingerprint density at radius 3 is 2.36 bits per heavy atom. The zero-order valence-corrected chi connectivity index (χ0v) is 20.1. The van der Waals surface area contributed by atoms with Crippen molar-refractivity contribution in [2.24, 2.45) is 0 Å². The van der Waals surface area contributed by atoms with Gasteiger partial charge in [0.05, 0.1) is 19.1 Å². The van der Waals surface area contributed by atoms with Gasteiger partial charge in [-0.3, -0.25) is 4.79 Å². The van der Waals surface area contributed by atoms with Gasteiger partial charge in [0.25, 0.3) is 0 Å². The number of hydrogen-bond donors (Lipinski definition) is 1. The maximum absolute atomic E-state index is 13.4. The molecule has 5 heteroatoms. The van der Waals surface area contributed by atoms with E-state index in [9.17, 15) is 4.79 Å². The lowest BCUT2D eigenvalue weighted by Gasteiger charge is -2.33. The van der Waals surface area contributed by atoms with Crippen molar-refractivity contribution in [2.45, 2.75) is 69.7 Å². The van der Waals surface area contributed by atoms with Gasteiger partial charge in [0, 0.05) is 18.3 Å². The Hall–Kier alpha value is -2.53. The summed E-state index contributed by atoms with van der Waals surface area (Å²) in [5.74, 6) is 1.74. The van der Waals surface area contributed by atoms with E-state index >= 15 is 0 Å². The van der Waals surface area contributed by atoms with Crippen molar-refractivity contribution >= 4 is 11.6 Å². The van der Waals surface area contributed by atoms with E-state index in [0.29, 0.717) is 6.04 Å². The highest BCUT2D eigenvalue weighted by molar-refractivity contribution is 5.99. The molecular weight excluding hydrogens is 412 g/mol. The third-order valence-electron chi connectivity index (χ3n) is 7.45. The molecular formula is C28H38N2O3. The zero-order chi connectivity index (χ0) is 23.1. The van der Waals surface area contributed by atoms with Gasteiger partial charge in [-0.1, -0.05) is 31.4 Å². The number of anilines is 1. The molecule has 1 atom stereocenters. The molecule has 1 saturated heterocycles. The number of benzene rings is 2. The predicted molar refractivity (Wildman–Crippen MR) is 133 cm³/mol. The summed E-state index contributed by atoms with van der Waals surface area (Å²) < 4.78 is 11.2. The number of amides is 1. The third-order valence-corrected chi connectivity index (χ3v) is 7.45. The second-order valence-corrected chi connectivity index (χ2v) is 9.58. The number of hydrogen-bond acceptors (Lipinski definition) is 4. The Kier molecular flexibility index (Phi) is 7.92. The van der Waals surface area contributed by atoms with Crippen molar-refractivity contribution in [2.75, 3.05) is 32.1 Å². The highest BCUT2D eigenvalue weighted by Crippen LogP contribution is 2.42. The molecule has 0 spiro atoms. The maximum Gasteiger partial charge on any atom is 0.235 e. The number of nitrogens with one attached hydrogen (secondary N) is 1. The topological polar surface area (TPSA) is 50.8 Å². The van der Waals surface area contributed by atoms with Gasteiger partial charge < -0.3 is 19.7 Å². The fraction of sp³-hybridized carbons (Fsp3) is 0.536. The maximum atomic E-state index is 13.4. The summed E-state index contributed by atoms with van der Waals surface area (Å²) in [5.41, 5.74) is 1.42. The third kappa shape index (κ3) is 5.70. The second-order valence-electron chi connectivity index (χ2n) is 9.58. The highest BCUT2D eigenvalue weighted by Gasteiger charge is 2.42. The van der Waals surface area contributed by atoms with Gasteiger partial charge in [0.2, 0.25) is 5.91 Å². The molecule has 2 aromatic rings. The van der Waals surface area contributed by atoms with E-state index in [1.807, 2.05) is 48.5 Å². The fourth-order valence-electron chi connectivity index (χ4n) is 5.37. The number of nitrogens with zero attached hydrogens (tertiary/aromatic N) is 1. The fourth-order valence-corrected chi connectivity index (χ4v) is 5.37. The first-order valence-electron chi connectivity index (χ1n) is 12.5. The number of rotatable bonds is 9. The van der Waals surface area contributed by atoms with E-state index in [2.05, 4.69) is 17.1 Å². The van der Waals surface area contributed by atoms with Crippen LogP contribution in [0.4, 0.5) is 5.69 Å². The second kappa shape index (κ2) is 11.1. The molecule has 33 heavy (non-hydrogen) atoms. The average molecular weight is 451 g/mol. The Bertz CT molecular complexity index is 888. The minimum absolute atomic E-state index is 0.0782. The first kappa shape index (κ1) is 23.6. The molecule has 2 aromatic carbocycles. The van der Waals surface area contributed by atoms with Crippen molar-refractivity contribution < 1.29 is 14.3 Å². The van der Waals surface area contributed by atoms with Crippen molar-refractivity contribution in [3.63, 3.8) is 0 Å². The molecule has 2 fully saturated rings. The van der Waals surface area contributed by atoms with Crippen LogP contribution in [-0.4, -0.2) is 43.7 Å². The monoisotopic (exact) mass is 450 g/mol. The highest BCUT2D eigenvalue weighted by atomic mass is 16.5. The molecule has 1 unspecified atom stereocenters. The van der Waals surface area contributed by atoms with Crippen LogP contribution in [0.1, 0.15) is 63.9 Å². The summed E-state index contributed by atoms with van der Waals surface area (Å²) in [6.07, 6.45) is 8.92. The van der Waals surface area contributed by atoms with E-state index in [1.165, 1.54) is 25.8 Å².